The molecule has 0 spiro atoms. The van der Waals surface area contributed by atoms with Crippen LogP contribution in [0.15, 0.2) is 77.0 Å². The SMILES string of the molecule is CCOC(=O)c1csc(-n2nc(-c3cccc(-c4ccc(C)cc4)c3)c(Cc3ccc([SH](=O)=O)cc3F)c2CC2CC2)n1. The van der Waals surface area contributed by atoms with Crippen molar-refractivity contribution in [2.24, 2.45) is 5.92 Å². The third kappa shape index (κ3) is 6.30. The summed E-state index contributed by atoms with van der Waals surface area (Å²) < 4.78 is 45.2. The van der Waals surface area contributed by atoms with Crippen LogP contribution in [-0.4, -0.2) is 35.8 Å². The number of nitrogens with zero attached hydrogens (tertiary/aromatic N) is 3. The van der Waals surface area contributed by atoms with E-state index in [0.29, 0.717) is 22.3 Å². The molecule has 10 heteroatoms. The van der Waals surface area contributed by atoms with Gasteiger partial charge in [-0.2, -0.15) is 5.10 Å². The van der Waals surface area contributed by atoms with E-state index in [1.165, 1.54) is 29.0 Å². The van der Waals surface area contributed by atoms with Crippen molar-refractivity contribution < 1.29 is 22.3 Å². The molecular weight excluding hydrogens is 586 g/mol. The highest BCUT2D eigenvalue weighted by Gasteiger charge is 2.30. The number of hydrogen-bond acceptors (Lipinski definition) is 7. The Bertz CT molecular complexity index is 1880. The minimum absolute atomic E-state index is 0.0644. The third-order valence-corrected chi connectivity index (χ3v) is 9.08. The van der Waals surface area contributed by atoms with Crippen LogP contribution in [0.25, 0.3) is 27.5 Å². The number of hydrogen-bond donors (Lipinski definition) is 1. The first-order valence-electron chi connectivity index (χ1n) is 14.1. The summed E-state index contributed by atoms with van der Waals surface area (Å²) in [6.45, 7) is 4.04. The zero-order valence-corrected chi connectivity index (χ0v) is 25.5. The Kier molecular flexibility index (Phi) is 8.23. The predicted octanol–water partition coefficient (Wildman–Crippen LogP) is 6.80. The molecule has 0 radical (unpaired) electrons. The summed E-state index contributed by atoms with van der Waals surface area (Å²) in [6, 6.07) is 20.4. The van der Waals surface area contributed by atoms with Crippen molar-refractivity contribution in [3.8, 4) is 27.5 Å². The Labute approximate surface area is 255 Å². The third-order valence-electron chi connectivity index (χ3n) is 7.56. The first-order chi connectivity index (χ1) is 20.8. The average Bonchev–Trinajstić information content (AvgIpc) is 3.56. The molecule has 7 nitrogen and oxygen atoms in total. The number of halogens is 1. The van der Waals surface area contributed by atoms with Crippen molar-refractivity contribution in [3.63, 3.8) is 0 Å². The number of carbonyl (C=O) groups is 1. The van der Waals surface area contributed by atoms with Crippen molar-refractivity contribution in [2.45, 2.75) is 44.4 Å². The fraction of sp³-hybridized carbons (Fsp3) is 0.242. The number of ether oxygens (including phenoxy) is 1. The molecule has 2 aromatic heterocycles. The normalized spacial score (nSPS) is 13.0. The van der Waals surface area contributed by atoms with Crippen LogP contribution < -0.4 is 0 Å². The standard InChI is InChI=1S/C33H30FN3O4S2/c1-3-41-32(38)29-19-42-33(35-29)37-30(15-21-9-10-21)27(17-24-13-14-26(43(39)40)18-28(24)34)31(36-37)25-6-4-5-23(16-25)22-11-7-20(2)8-12-22/h4-8,11-14,16,18-19,21,43H,3,9-10,15,17H2,1-2H3. The largest absolute Gasteiger partial charge is 0.461 e. The van der Waals surface area contributed by atoms with E-state index in [1.807, 2.05) is 25.1 Å². The van der Waals surface area contributed by atoms with E-state index in [1.54, 1.807) is 17.0 Å². The molecule has 2 heterocycles. The molecule has 1 fully saturated rings. The van der Waals surface area contributed by atoms with Gasteiger partial charge >= 0.3 is 5.97 Å². The summed E-state index contributed by atoms with van der Waals surface area (Å²) >= 11 is 1.30. The molecule has 0 N–H and O–H groups in total. The monoisotopic (exact) mass is 615 g/mol. The fourth-order valence-corrected chi connectivity index (χ4v) is 6.29. The van der Waals surface area contributed by atoms with Gasteiger partial charge in [0.1, 0.15) is 5.82 Å². The smallest absolute Gasteiger partial charge is 0.357 e. The summed E-state index contributed by atoms with van der Waals surface area (Å²) in [5, 5.41) is 7.25. The number of thiazole rings is 1. The molecule has 0 atom stereocenters. The van der Waals surface area contributed by atoms with E-state index in [0.717, 1.165) is 53.3 Å². The molecule has 0 unspecified atom stereocenters. The minimum atomic E-state index is -2.90. The Morgan fingerprint density at radius 2 is 1.81 bits per heavy atom. The molecule has 1 aliphatic rings. The van der Waals surface area contributed by atoms with Gasteiger partial charge in [0.15, 0.2) is 16.4 Å². The number of carbonyl (C=O) groups excluding carboxylic acids is 1. The molecule has 43 heavy (non-hydrogen) atoms. The molecule has 1 aliphatic carbocycles. The second-order valence-electron chi connectivity index (χ2n) is 10.7. The Morgan fingerprint density at radius 3 is 2.51 bits per heavy atom. The zero-order chi connectivity index (χ0) is 30.1. The highest BCUT2D eigenvalue weighted by Crippen LogP contribution is 2.39. The van der Waals surface area contributed by atoms with Crippen LogP contribution in [-0.2, 0) is 28.3 Å². The average molecular weight is 616 g/mol. The molecule has 0 saturated heterocycles. The van der Waals surface area contributed by atoms with Crippen LogP contribution in [0.1, 0.15) is 52.6 Å². The second-order valence-corrected chi connectivity index (χ2v) is 12.6. The van der Waals surface area contributed by atoms with E-state index >= 15 is 4.39 Å². The molecule has 3 aromatic carbocycles. The lowest BCUT2D eigenvalue weighted by Gasteiger charge is -2.10. The van der Waals surface area contributed by atoms with Crippen LogP contribution in [0.5, 0.6) is 0 Å². The number of benzene rings is 3. The van der Waals surface area contributed by atoms with Gasteiger partial charge in [-0.05, 0) is 73.9 Å². The van der Waals surface area contributed by atoms with E-state index in [-0.39, 0.29) is 23.6 Å². The topological polar surface area (TPSA) is 91.2 Å². The Hall–Kier alpha value is -4.15. The lowest BCUT2D eigenvalue weighted by atomic mass is 9.95. The zero-order valence-electron chi connectivity index (χ0n) is 23.7. The van der Waals surface area contributed by atoms with Gasteiger partial charge in [-0.3, -0.25) is 0 Å². The maximum Gasteiger partial charge on any atom is 0.357 e. The van der Waals surface area contributed by atoms with E-state index in [2.05, 4.69) is 35.3 Å². The lowest BCUT2D eigenvalue weighted by Crippen LogP contribution is -2.08. The molecule has 5 aromatic rings. The Morgan fingerprint density at radius 1 is 1.05 bits per heavy atom. The number of aromatic nitrogens is 3. The summed E-state index contributed by atoms with van der Waals surface area (Å²) in [5.74, 6) is -0.604. The van der Waals surface area contributed by atoms with E-state index in [9.17, 15) is 13.2 Å². The van der Waals surface area contributed by atoms with E-state index < -0.39 is 22.5 Å². The fourth-order valence-electron chi connectivity index (χ4n) is 5.10. The number of thiol groups is 1. The van der Waals surface area contributed by atoms with Gasteiger partial charge in [0, 0.05) is 22.9 Å². The van der Waals surface area contributed by atoms with Crippen molar-refractivity contribution >= 4 is 28.0 Å². The van der Waals surface area contributed by atoms with E-state index in [4.69, 9.17) is 9.84 Å². The van der Waals surface area contributed by atoms with Crippen LogP contribution >= 0.6 is 11.3 Å². The predicted molar refractivity (Wildman–Crippen MR) is 165 cm³/mol. The van der Waals surface area contributed by atoms with Crippen LogP contribution in [0.2, 0.25) is 0 Å². The Balaban J connectivity index is 1.51. The van der Waals surface area contributed by atoms with Crippen LogP contribution in [0.4, 0.5) is 4.39 Å². The highest BCUT2D eigenvalue weighted by molar-refractivity contribution is 7.72. The molecule has 0 bridgehead atoms. The van der Waals surface area contributed by atoms with Crippen molar-refractivity contribution in [1.29, 1.82) is 0 Å². The van der Waals surface area contributed by atoms with Crippen molar-refractivity contribution in [1.82, 2.24) is 14.8 Å². The first-order valence-corrected chi connectivity index (χ1v) is 16.2. The van der Waals surface area contributed by atoms with Gasteiger partial charge < -0.3 is 4.74 Å². The van der Waals surface area contributed by atoms with Crippen molar-refractivity contribution in [3.05, 3.63) is 106 Å². The maximum atomic E-state index is 15.3. The van der Waals surface area contributed by atoms with Gasteiger partial charge in [-0.15, -0.1) is 11.3 Å². The number of esters is 1. The lowest BCUT2D eigenvalue weighted by molar-refractivity contribution is 0.0520. The quantitative estimate of drug-likeness (QED) is 0.137. The summed E-state index contributed by atoms with van der Waals surface area (Å²) in [5.41, 5.74) is 7.16. The summed E-state index contributed by atoms with van der Waals surface area (Å²) in [7, 11) is -2.90. The summed E-state index contributed by atoms with van der Waals surface area (Å²) in [4.78, 5) is 16.9. The maximum absolute atomic E-state index is 15.3. The van der Waals surface area contributed by atoms with Gasteiger partial charge in [0.05, 0.1) is 22.9 Å². The summed E-state index contributed by atoms with van der Waals surface area (Å²) in [6.07, 6.45) is 3.12. The molecular formula is C33H30FN3O4S2. The van der Waals surface area contributed by atoms with Gasteiger partial charge in [0.2, 0.25) is 5.13 Å². The number of rotatable bonds is 10. The minimum Gasteiger partial charge on any atom is -0.461 e. The van der Waals surface area contributed by atoms with Gasteiger partial charge in [-0.1, -0.05) is 54.1 Å². The molecule has 0 amide bonds. The van der Waals surface area contributed by atoms with Gasteiger partial charge in [-0.25, -0.2) is 27.3 Å². The first kappa shape index (κ1) is 28.9. The molecule has 0 aliphatic heterocycles. The van der Waals surface area contributed by atoms with Crippen molar-refractivity contribution in [2.75, 3.05) is 6.61 Å². The second kappa shape index (κ2) is 12.2. The van der Waals surface area contributed by atoms with Crippen LogP contribution in [0.3, 0.4) is 0 Å². The highest BCUT2D eigenvalue weighted by atomic mass is 32.2. The number of aryl methyl sites for hydroxylation is 1. The molecule has 220 valence electrons. The molecule has 6 rings (SSSR count). The van der Waals surface area contributed by atoms with Gasteiger partial charge in [0.25, 0.3) is 0 Å². The van der Waals surface area contributed by atoms with Crippen LogP contribution in [0, 0.1) is 18.7 Å². The molecule has 1 saturated carbocycles.